The van der Waals surface area contributed by atoms with Gasteiger partial charge in [-0.05, 0) is 49.3 Å². The monoisotopic (exact) mass is 277 g/mol. The first-order chi connectivity index (χ1) is 9.44. The molecule has 20 heavy (non-hydrogen) atoms. The van der Waals surface area contributed by atoms with Crippen LogP contribution >= 0.6 is 0 Å². The maximum Gasteiger partial charge on any atom is 0.118 e. The van der Waals surface area contributed by atoms with Crippen molar-refractivity contribution >= 4 is 0 Å². The molecule has 1 aliphatic carbocycles. The molecule has 0 spiro atoms. The molecule has 1 aromatic rings. The Kier molecular flexibility index (Phi) is 4.71. The quantitative estimate of drug-likeness (QED) is 0.804. The number of aliphatic hydroxyl groups is 1. The van der Waals surface area contributed by atoms with Gasteiger partial charge in [-0.25, -0.2) is 0 Å². The van der Waals surface area contributed by atoms with Crippen molar-refractivity contribution in [2.75, 3.05) is 13.7 Å². The molecule has 3 heteroatoms. The van der Waals surface area contributed by atoms with E-state index < -0.39 is 5.60 Å². The van der Waals surface area contributed by atoms with E-state index in [2.05, 4.69) is 31.3 Å². The smallest absolute Gasteiger partial charge is 0.118 e. The van der Waals surface area contributed by atoms with Crippen LogP contribution in [0.4, 0.5) is 0 Å². The minimum Gasteiger partial charge on any atom is -0.497 e. The fourth-order valence-electron chi connectivity index (χ4n) is 2.32. The van der Waals surface area contributed by atoms with E-state index in [1.54, 1.807) is 7.11 Å². The maximum atomic E-state index is 10.4. The Bertz CT molecular complexity index is 421. The molecule has 1 aliphatic rings. The van der Waals surface area contributed by atoms with Crippen LogP contribution in [0.25, 0.3) is 0 Å². The average molecular weight is 277 g/mol. The molecule has 0 aromatic heterocycles. The molecule has 112 valence electrons. The molecular weight excluding hydrogens is 250 g/mol. The molecule has 1 saturated carbocycles. The van der Waals surface area contributed by atoms with Crippen LogP contribution in [-0.2, 0) is 0 Å². The second kappa shape index (κ2) is 6.15. The molecule has 3 nitrogen and oxygen atoms in total. The number of benzene rings is 1. The molecular formula is C17H27NO2. The SMILES string of the molecule is COc1ccc(C(NCC(C)(O)C(C)C)C2CC2)cc1. The van der Waals surface area contributed by atoms with Crippen molar-refractivity contribution in [3.8, 4) is 5.75 Å². The summed E-state index contributed by atoms with van der Waals surface area (Å²) >= 11 is 0. The average Bonchev–Trinajstić information content (AvgIpc) is 3.24. The van der Waals surface area contributed by atoms with E-state index in [-0.39, 0.29) is 5.92 Å². The molecule has 0 amide bonds. The lowest BCUT2D eigenvalue weighted by Gasteiger charge is -2.31. The van der Waals surface area contributed by atoms with Gasteiger partial charge in [0.1, 0.15) is 5.75 Å². The summed E-state index contributed by atoms with van der Waals surface area (Å²) in [7, 11) is 1.69. The van der Waals surface area contributed by atoms with Gasteiger partial charge in [0, 0.05) is 12.6 Å². The molecule has 1 fully saturated rings. The van der Waals surface area contributed by atoms with Gasteiger partial charge in [0.25, 0.3) is 0 Å². The summed E-state index contributed by atoms with van der Waals surface area (Å²) in [4.78, 5) is 0. The Balaban J connectivity index is 2.03. The maximum absolute atomic E-state index is 10.4. The number of rotatable bonds is 7. The lowest BCUT2D eigenvalue weighted by Crippen LogP contribution is -2.43. The van der Waals surface area contributed by atoms with Gasteiger partial charge in [0.2, 0.25) is 0 Å². The molecule has 2 rings (SSSR count). The Hall–Kier alpha value is -1.06. The summed E-state index contributed by atoms with van der Waals surface area (Å²) in [5.41, 5.74) is 0.618. The van der Waals surface area contributed by atoms with Gasteiger partial charge in [-0.3, -0.25) is 0 Å². The van der Waals surface area contributed by atoms with Gasteiger partial charge in [0.15, 0.2) is 0 Å². The Morgan fingerprint density at radius 1 is 1.30 bits per heavy atom. The number of methoxy groups -OCH3 is 1. The summed E-state index contributed by atoms with van der Waals surface area (Å²) in [5, 5.41) is 14.0. The third-order valence-corrected chi connectivity index (χ3v) is 4.49. The zero-order valence-corrected chi connectivity index (χ0v) is 13.0. The highest BCUT2D eigenvalue weighted by molar-refractivity contribution is 5.30. The summed E-state index contributed by atoms with van der Waals surface area (Å²) in [6, 6.07) is 8.60. The first kappa shape index (κ1) is 15.3. The predicted octanol–water partition coefficient (Wildman–Crippen LogP) is 3.14. The fourth-order valence-corrected chi connectivity index (χ4v) is 2.32. The third kappa shape index (κ3) is 3.74. The van der Waals surface area contributed by atoms with Crippen LogP contribution in [0, 0.1) is 11.8 Å². The molecule has 0 bridgehead atoms. The summed E-state index contributed by atoms with van der Waals surface area (Å²) in [6.07, 6.45) is 2.54. The lowest BCUT2D eigenvalue weighted by atomic mass is 9.91. The Morgan fingerprint density at radius 2 is 1.90 bits per heavy atom. The molecule has 0 heterocycles. The highest BCUT2D eigenvalue weighted by Crippen LogP contribution is 2.41. The minimum atomic E-state index is -0.667. The van der Waals surface area contributed by atoms with E-state index in [0.29, 0.717) is 18.5 Å². The molecule has 0 radical (unpaired) electrons. The summed E-state index contributed by atoms with van der Waals surface area (Å²) in [5.74, 6) is 1.83. The van der Waals surface area contributed by atoms with Gasteiger partial charge in [0.05, 0.1) is 12.7 Å². The summed E-state index contributed by atoms with van der Waals surface area (Å²) in [6.45, 7) is 6.64. The van der Waals surface area contributed by atoms with Crippen molar-refractivity contribution in [2.45, 2.75) is 45.3 Å². The molecule has 0 saturated heterocycles. The topological polar surface area (TPSA) is 41.5 Å². The number of ether oxygens (including phenoxy) is 1. The van der Waals surface area contributed by atoms with Crippen LogP contribution in [0.3, 0.4) is 0 Å². The first-order valence-corrected chi connectivity index (χ1v) is 7.54. The van der Waals surface area contributed by atoms with Crippen LogP contribution in [0.5, 0.6) is 5.75 Å². The zero-order chi connectivity index (χ0) is 14.8. The van der Waals surface area contributed by atoms with E-state index in [1.807, 2.05) is 19.1 Å². The van der Waals surface area contributed by atoms with Gasteiger partial charge in [-0.2, -0.15) is 0 Å². The van der Waals surface area contributed by atoms with Crippen LogP contribution in [-0.4, -0.2) is 24.4 Å². The molecule has 2 N–H and O–H groups in total. The van der Waals surface area contributed by atoms with E-state index >= 15 is 0 Å². The zero-order valence-electron chi connectivity index (χ0n) is 13.0. The molecule has 2 unspecified atom stereocenters. The van der Waals surface area contributed by atoms with E-state index in [9.17, 15) is 5.11 Å². The highest BCUT2D eigenvalue weighted by atomic mass is 16.5. The van der Waals surface area contributed by atoms with Crippen molar-refractivity contribution in [3.63, 3.8) is 0 Å². The Labute approximate surface area is 122 Å². The van der Waals surface area contributed by atoms with Crippen LogP contribution in [0.1, 0.15) is 45.2 Å². The molecule has 1 aromatic carbocycles. The molecule has 2 atom stereocenters. The number of nitrogens with one attached hydrogen (secondary N) is 1. The largest absolute Gasteiger partial charge is 0.497 e. The van der Waals surface area contributed by atoms with Crippen LogP contribution in [0.2, 0.25) is 0 Å². The van der Waals surface area contributed by atoms with Crippen molar-refractivity contribution in [1.29, 1.82) is 0 Å². The van der Waals surface area contributed by atoms with Crippen LogP contribution < -0.4 is 10.1 Å². The summed E-state index contributed by atoms with van der Waals surface area (Å²) < 4.78 is 5.21. The second-order valence-electron chi connectivity index (χ2n) is 6.48. The van der Waals surface area contributed by atoms with Crippen molar-refractivity contribution in [1.82, 2.24) is 5.32 Å². The first-order valence-electron chi connectivity index (χ1n) is 7.54. The van der Waals surface area contributed by atoms with Crippen LogP contribution in [0.15, 0.2) is 24.3 Å². The highest BCUT2D eigenvalue weighted by Gasteiger charge is 2.34. The molecule has 0 aliphatic heterocycles. The number of hydrogen-bond donors (Lipinski definition) is 2. The van der Waals surface area contributed by atoms with Crippen molar-refractivity contribution in [3.05, 3.63) is 29.8 Å². The van der Waals surface area contributed by atoms with Crippen molar-refractivity contribution < 1.29 is 9.84 Å². The standard InChI is InChI=1S/C17H27NO2/c1-12(2)17(3,19)11-18-16(13-5-6-13)14-7-9-15(20-4)10-8-14/h7-10,12-13,16,18-19H,5-6,11H2,1-4H3. The van der Waals surface area contributed by atoms with Gasteiger partial charge >= 0.3 is 0 Å². The fraction of sp³-hybridized carbons (Fsp3) is 0.647. The van der Waals surface area contributed by atoms with Gasteiger partial charge in [-0.1, -0.05) is 26.0 Å². The normalized spacial score (nSPS) is 19.7. The second-order valence-corrected chi connectivity index (χ2v) is 6.48. The number of hydrogen-bond acceptors (Lipinski definition) is 3. The third-order valence-electron chi connectivity index (χ3n) is 4.49. The Morgan fingerprint density at radius 3 is 2.35 bits per heavy atom. The lowest BCUT2D eigenvalue weighted by molar-refractivity contribution is 0.0111. The minimum absolute atomic E-state index is 0.241. The van der Waals surface area contributed by atoms with E-state index in [4.69, 9.17) is 4.74 Å². The van der Waals surface area contributed by atoms with Crippen molar-refractivity contribution in [2.24, 2.45) is 11.8 Å². The van der Waals surface area contributed by atoms with E-state index in [1.165, 1.54) is 18.4 Å². The van der Waals surface area contributed by atoms with Gasteiger partial charge in [-0.15, -0.1) is 0 Å². The predicted molar refractivity (Wildman–Crippen MR) is 81.9 cm³/mol. The van der Waals surface area contributed by atoms with E-state index in [0.717, 1.165) is 5.75 Å². The van der Waals surface area contributed by atoms with Gasteiger partial charge < -0.3 is 15.2 Å².